The molecule has 0 heterocycles. The van der Waals surface area contributed by atoms with Crippen LogP contribution in [0.2, 0.25) is 0 Å². The lowest BCUT2D eigenvalue weighted by molar-refractivity contribution is -0.151. The summed E-state index contributed by atoms with van der Waals surface area (Å²) in [5.41, 5.74) is -0.389. The number of carbonyl (C=O) groups excluding carboxylic acids is 2. The van der Waals surface area contributed by atoms with Gasteiger partial charge < -0.3 is 19.1 Å². The number of rotatable bonds is 8. The van der Waals surface area contributed by atoms with E-state index in [0.717, 1.165) is 0 Å². The molecule has 1 atom stereocenters. The fourth-order valence-electron chi connectivity index (χ4n) is 3.28. The van der Waals surface area contributed by atoms with Gasteiger partial charge in [0.05, 0.1) is 21.3 Å². The molecule has 0 spiro atoms. The lowest BCUT2D eigenvalue weighted by atomic mass is 9.83. The summed E-state index contributed by atoms with van der Waals surface area (Å²) in [7, 11) is 4.42. The Morgan fingerprint density at radius 1 is 0.889 bits per heavy atom. The van der Waals surface area contributed by atoms with Gasteiger partial charge in [0, 0.05) is 12.2 Å². The Kier molecular flexibility index (Phi) is 6.45. The van der Waals surface area contributed by atoms with Gasteiger partial charge in [0.25, 0.3) is 0 Å². The number of Topliss-reactive ketones (excluding diaryl/α,β-unsaturated/α-hetero) is 1. The Bertz CT molecular complexity index is 785. The van der Waals surface area contributed by atoms with Gasteiger partial charge in [-0.3, -0.25) is 4.79 Å². The van der Waals surface area contributed by atoms with Crippen LogP contribution in [0.5, 0.6) is 11.5 Å². The number of carbonyl (C=O) groups is 2. The minimum Gasteiger partial charge on any atom is -0.497 e. The van der Waals surface area contributed by atoms with Crippen molar-refractivity contribution in [3.63, 3.8) is 0 Å². The monoisotopic (exact) mass is 371 g/mol. The highest BCUT2D eigenvalue weighted by atomic mass is 16.5. The van der Waals surface area contributed by atoms with Crippen LogP contribution in [-0.2, 0) is 19.9 Å². The molecule has 0 fully saturated rings. The first-order chi connectivity index (χ1) is 12.9. The Hall–Kier alpha value is -3.02. The molecule has 2 rings (SSSR count). The second-order valence-electron chi connectivity index (χ2n) is 5.93. The number of anilines is 1. The first kappa shape index (κ1) is 20.3. The molecule has 0 aliphatic carbocycles. The van der Waals surface area contributed by atoms with Crippen LogP contribution in [0.25, 0.3) is 0 Å². The van der Waals surface area contributed by atoms with Gasteiger partial charge in [-0.05, 0) is 55.8 Å². The standard InChI is InChI=1S/C21H25NO5/c1-6-22(17-9-13-19(26-4)14-10-17)21(15(2)23,20(24)27-5)16-7-11-18(25-3)12-8-16/h7-14H,6H2,1-5H3. The highest BCUT2D eigenvalue weighted by Gasteiger charge is 2.51. The first-order valence-electron chi connectivity index (χ1n) is 8.61. The predicted octanol–water partition coefficient (Wildman–Crippen LogP) is 3.19. The van der Waals surface area contributed by atoms with Gasteiger partial charge in [-0.1, -0.05) is 12.1 Å². The van der Waals surface area contributed by atoms with Crippen molar-refractivity contribution < 1.29 is 23.8 Å². The van der Waals surface area contributed by atoms with Crippen molar-refractivity contribution in [1.29, 1.82) is 0 Å². The smallest absolute Gasteiger partial charge is 0.344 e. The zero-order valence-electron chi connectivity index (χ0n) is 16.3. The number of ether oxygens (including phenoxy) is 3. The molecule has 0 N–H and O–H groups in total. The zero-order chi connectivity index (χ0) is 20.0. The molecular weight excluding hydrogens is 346 g/mol. The van der Waals surface area contributed by atoms with E-state index in [0.29, 0.717) is 29.3 Å². The largest absolute Gasteiger partial charge is 0.497 e. The van der Waals surface area contributed by atoms with Crippen LogP contribution in [0.1, 0.15) is 19.4 Å². The predicted molar refractivity (Wildman–Crippen MR) is 103 cm³/mol. The van der Waals surface area contributed by atoms with Crippen LogP contribution in [0.3, 0.4) is 0 Å². The summed E-state index contributed by atoms with van der Waals surface area (Å²) < 4.78 is 15.5. The van der Waals surface area contributed by atoms with Crippen molar-refractivity contribution in [2.45, 2.75) is 19.4 Å². The number of hydrogen-bond donors (Lipinski definition) is 0. The Morgan fingerprint density at radius 2 is 1.37 bits per heavy atom. The lowest BCUT2D eigenvalue weighted by Gasteiger charge is -2.41. The first-order valence-corrected chi connectivity index (χ1v) is 8.61. The molecule has 0 aromatic heterocycles. The van der Waals surface area contributed by atoms with Gasteiger partial charge >= 0.3 is 5.97 Å². The van der Waals surface area contributed by atoms with Gasteiger partial charge in [-0.15, -0.1) is 0 Å². The highest BCUT2D eigenvalue weighted by Crippen LogP contribution is 2.37. The van der Waals surface area contributed by atoms with Crippen LogP contribution in [0.4, 0.5) is 5.69 Å². The zero-order valence-corrected chi connectivity index (χ0v) is 16.3. The quantitative estimate of drug-likeness (QED) is 0.524. The average molecular weight is 371 g/mol. The Morgan fingerprint density at radius 3 is 1.74 bits per heavy atom. The van der Waals surface area contributed by atoms with Crippen molar-refractivity contribution >= 4 is 17.4 Å². The molecule has 0 amide bonds. The van der Waals surface area contributed by atoms with Gasteiger partial charge in [0.2, 0.25) is 5.54 Å². The normalized spacial score (nSPS) is 12.6. The molecule has 0 aliphatic heterocycles. The minimum atomic E-state index is -1.61. The van der Waals surface area contributed by atoms with Crippen molar-refractivity contribution in [2.75, 3.05) is 32.8 Å². The molecule has 6 heteroatoms. The van der Waals surface area contributed by atoms with Crippen LogP contribution in [0, 0.1) is 0 Å². The molecule has 0 saturated heterocycles. The number of hydrogen-bond acceptors (Lipinski definition) is 6. The molecule has 0 saturated carbocycles. The average Bonchev–Trinajstić information content (AvgIpc) is 2.71. The SMILES string of the molecule is CCN(c1ccc(OC)cc1)C(C(C)=O)(C(=O)OC)c1ccc(OC)cc1. The lowest BCUT2D eigenvalue weighted by Crippen LogP contribution is -2.57. The number of ketones is 1. The fraction of sp³-hybridized carbons (Fsp3) is 0.333. The van der Waals surface area contributed by atoms with Crippen LogP contribution < -0.4 is 14.4 Å². The summed E-state index contributed by atoms with van der Waals surface area (Å²) in [5.74, 6) is 0.342. The van der Waals surface area contributed by atoms with E-state index in [1.807, 2.05) is 19.1 Å². The van der Waals surface area contributed by atoms with Crippen molar-refractivity contribution in [3.05, 3.63) is 54.1 Å². The molecule has 27 heavy (non-hydrogen) atoms. The van der Waals surface area contributed by atoms with E-state index < -0.39 is 11.5 Å². The number of benzene rings is 2. The second kappa shape index (κ2) is 8.58. The molecule has 2 aromatic carbocycles. The molecular formula is C21H25NO5. The second-order valence-corrected chi connectivity index (χ2v) is 5.93. The maximum Gasteiger partial charge on any atom is 0.344 e. The Labute approximate surface area is 159 Å². The third-order valence-electron chi connectivity index (χ3n) is 4.60. The number of methoxy groups -OCH3 is 3. The minimum absolute atomic E-state index is 0.336. The van der Waals surface area contributed by atoms with Crippen molar-refractivity contribution in [3.8, 4) is 11.5 Å². The van der Waals surface area contributed by atoms with E-state index in [9.17, 15) is 9.59 Å². The van der Waals surface area contributed by atoms with Crippen LogP contribution >= 0.6 is 0 Å². The summed E-state index contributed by atoms with van der Waals surface area (Å²) in [6.45, 7) is 3.69. The fourth-order valence-corrected chi connectivity index (χ4v) is 3.28. The third kappa shape index (κ3) is 3.60. The molecule has 1 unspecified atom stereocenters. The van der Waals surface area contributed by atoms with E-state index in [4.69, 9.17) is 14.2 Å². The van der Waals surface area contributed by atoms with Gasteiger partial charge in [0.15, 0.2) is 5.78 Å². The third-order valence-corrected chi connectivity index (χ3v) is 4.60. The van der Waals surface area contributed by atoms with Gasteiger partial charge in [-0.2, -0.15) is 0 Å². The molecule has 144 valence electrons. The van der Waals surface area contributed by atoms with E-state index in [-0.39, 0.29) is 5.78 Å². The maximum atomic E-state index is 13.0. The van der Waals surface area contributed by atoms with Crippen LogP contribution in [-0.4, -0.2) is 39.6 Å². The van der Waals surface area contributed by atoms with Gasteiger partial charge in [-0.25, -0.2) is 4.79 Å². The van der Waals surface area contributed by atoms with E-state index in [1.165, 1.54) is 14.0 Å². The van der Waals surface area contributed by atoms with E-state index in [2.05, 4.69) is 0 Å². The van der Waals surface area contributed by atoms with Crippen molar-refractivity contribution in [1.82, 2.24) is 0 Å². The highest BCUT2D eigenvalue weighted by molar-refractivity contribution is 6.11. The van der Waals surface area contributed by atoms with Crippen LogP contribution in [0.15, 0.2) is 48.5 Å². The van der Waals surface area contributed by atoms with E-state index in [1.54, 1.807) is 55.5 Å². The number of likely N-dealkylation sites (N-methyl/N-ethyl adjacent to an activating group) is 1. The van der Waals surface area contributed by atoms with Gasteiger partial charge in [0.1, 0.15) is 11.5 Å². The van der Waals surface area contributed by atoms with E-state index >= 15 is 0 Å². The molecule has 0 bridgehead atoms. The summed E-state index contributed by atoms with van der Waals surface area (Å²) in [6, 6.07) is 14.1. The number of nitrogens with zero attached hydrogens (tertiary/aromatic N) is 1. The summed E-state index contributed by atoms with van der Waals surface area (Å²) in [5, 5.41) is 0. The molecule has 2 aromatic rings. The summed E-state index contributed by atoms with van der Waals surface area (Å²) in [4.78, 5) is 27.6. The topological polar surface area (TPSA) is 65.1 Å². The molecule has 0 aliphatic rings. The molecule has 0 radical (unpaired) electrons. The summed E-state index contributed by atoms with van der Waals surface area (Å²) in [6.07, 6.45) is 0. The number of esters is 1. The maximum absolute atomic E-state index is 13.0. The summed E-state index contributed by atoms with van der Waals surface area (Å²) >= 11 is 0. The molecule has 6 nitrogen and oxygen atoms in total. The Balaban J connectivity index is 2.70. The van der Waals surface area contributed by atoms with Crippen molar-refractivity contribution in [2.24, 2.45) is 0 Å².